The van der Waals surface area contributed by atoms with Crippen molar-refractivity contribution in [2.24, 2.45) is 11.7 Å². The van der Waals surface area contributed by atoms with Crippen LogP contribution in [0.1, 0.15) is 44.1 Å². The second kappa shape index (κ2) is 11.7. The van der Waals surface area contributed by atoms with Crippen LogP contribution in [0, 0.1) is 5.92 Å². The lowest BCUT2D eigenvalue weighted by atomic mass is 9.72. The van der Waals surface area contributed by atoms with E-state index < -0.39 is 5.60 Å². The molecule has 4 rings (SSSR count). The zero-order chi connectivity index (χ0) is 24.8. The predicted molar refractivity (Wildman–Crippen MR) is 140 cm³/mol. The van der Waals surface area contributed by atoms with Gasteiger partial charge in [0.25, 0.3) is 0 Å². The van der Waals surface area contributed by atoms with E-state index in [4.69, 9.17) is 22.1 Å². The fourth-order valence-electron chi connectivity index (χ4n) is 5.67. The van der Waals surface area contributed by atoms with Crippen LogP contribution in [-0.4, -0.2) is 66.9 Å². The van der Waals surface area contributed by atoms with Crippen LogP contribution in [0.3, 0.4) is 0 Å². The van der Waals surface area contributed by atoms with E-state index in [0.717, 1.165) is 55.3 Å². The molecule has 6 nitrogen and oxygen atoms in total. The number of aliphatic hydroxyl groups is 1. The van der Waals surface area contributed by atoms with Crippen LogP contribution in [0.15, 0.2) is 48.5 Å². The highest BCUT2D eigenvalue weighted by Gasteiger charge is 2.43. The number of nitrogens with zero attached hydrogens (tertiary/aromatic N) is 2. The molecule has 2 fully saturated rings. The molecule has 2 aromatic rings. The first kappa shape index (κ1) is 26.0. The summed E-state index contributed by atoms with van der Waals surface area (Å²) < 4.78 is 5.26. The van der Waals surface area contributed by atoms with Crippen molar-refractivity contribution in [3.8, 4) is 11.1 Å². The maximum atomic E-state index is 13.3. The molecule has 2 aliphatic rings. The van der Waals surface area contributed by atoms with Gasteiger partial charge in [0.2, 0.25) is 0 Å². The Balaban J connectivity index is 1.65. The summed E-state index contributed by atoms with van der Waals surface area (Å²) in [5.74, 6) is -0.0700. The third-order valence-corrected chi connectivity index (χ3v) is 7.78. The number of unbranched alkanes of at least 4 members (excludes halogenated alkanes) is 1. The van der Waals surface area contributed by atoms with Gasteiger partial charge in [-0.05, 0) is 67.3 Å². The minimum Gasteiger partial charge on any atom is -0.385 e. The fraction of sp³-hybridized carbons (Fsp3) is 0.536. The average molecular weight is 500 g/mol. The summed E-state index contributed by atoms with van der Waals surface area (Å²) in [5.41, 5.74) is 7.85. The Hall–Kier alpha value is -2.12. The van der Waals surface area contributed by atoms with Gasteiger partial charge in [-0.1, -0.05) is 48.0 Å². The van der Waals surface area contributed by atoms with Gasteiger partial charge in [0.1, 0.15) is 0 Å². The molecule has 2 aromatic carbocycles. The molecule has 0 aromatic heterocycles. The number of carbonyl (C=O) groups excluding carboxylic acids is 1. The van der Waals surface area contributed by atoms with Gasteiger partial charge in [-0.15, -0.1) is 0 Å². The molecule has 3 atom stereocenters. The molecule has 2 saturated heterocycles. The number of urea groups is 1. The number of nitrogens with two attached hydrogens (primary N) is 1. The maximum Gasteiger partial charge on any atom is 0.320 e. The summed E-state index contributed by atoms with van der Waals surface area (Å²) in [6.07, 6.45) is 4.90. The number of methoxy groups -OCH3 is 1. The zero-order valence-corrected chi connectivity index (χ0v) is 21.4. The molecular formula is C28H38ClN3O3. The number of likely N-dealkylation sites (tertiary alicyclic amines) is 2. The fourth-order valence-corrected chi connectivity index (χ4v) is 5.86. The molecule has 0 bridgehead atoms. The van der Waals surface area contributed by atoms with E-state index in [2.05, 4.69) is 6.07 Å². The van der Waals surface area contributed by atoms with E-state index >= 15 is 0 Å². The molecule has 35 heavy (non-hydrogen) atoms. The van der Waals surface area contributed by atoms with Crippen LogP contribution in [0.25, 0.3) is 11.1 Å². The number of carbonyl (C=O) groups is 1. The number of benzene rings is 2. The Kier molecular flexibility index (Phi) is 8.71. The van der Waals surface area contributed by atoms with E-state index in [0.29, 0.717) is 37.7 Å². The number of hydrogen-bond donors (Lipinski definition) is 2. The van der Waals surface area contributed by atoms with E-state index in [9.17, 15) is 9.90 Å². The van der Waals surface area contributed by atoms with Crippen LogP contribution in [0.2, 0.25) is 5.02 Å². The summed E-state index contributed by atoms with van der Waals surface area (Å²) in [6.45, 7) is 3.24. The predicted octanol–water partition coefficient (Wildman–Crippen LogP) is 4.88. The van der Waals surface area contributed by atoms with Crippen LogP contribution in [0.4, 0.5) is 4.79 Å². The van der Waals surface area contributed by atoms with Crippen LogP contribution >= 0.6 is 11.6 Å². The van der Waals surface area contributed by atoms with Crippen molar-refractivity contribution in [1.82, 2.24) is 9.80 Å². The molecule has 0 aliphatic carbocycles. The number of ether oxygens (including phenoxy) is 1. The molecule has 7 heteroatoms. The summed E-state index contributed by atoms with van der Waals surface area (Å²) in [4.78, 5) is 17.1. The number of rotatable bonds is 8. The first-order valence-corrected chi connectivity index (χ1v) is 13.2. The van der Waals surface area contributed by atoms with Crippen molar-refractivity contribution in [2.45, 2.75) is 50.2 Å². The Bertz CT molecular complexity index is 1000. The lowest BCUT2D eigenvalue weighted by Gasteiger charge is -2.44. The number of piperidine rings is 1. The smallest absolute Gasteiger partial charge is 0.320 e. The third kappa shape index (κ3) is 6.00. The SMILES string of the molecule is COCCCCC(O)(c1ccccc1-c1cccc(Cl)c1)C1CCCN(C(=O)N2CCC(N)C2)C1. The molecule has 0 spiro atoms. The first-order chi connectivity index (χ1) is 16.9. The molecule has 3 unspecified atom stereocenters. The van der Waals surface area contributed by atoms with E-state index in [1.807, 2.05) is 52.3 Å². The number of amides is 2. The largest absolute Gasteiger partial charge is 0.385 e. The lowest BCUT2D eigenvalue weighted by molar-refractivity contribution is -0.0571. The van der Waals surface area contributed by atoms with Crippen LogP contribution in [0.5, 0.6) is 0 Å². The summed E-state index contributed by atoms with van der Waals surface area (Å²) in [5, 5.41) is 13.1. The van der Waals surface area contributed by atoms with Gasteiger partial charge in [0, 0.05) is 56.9 Å². The van der Waals surface area contributed by atoms with Gasteiger partial charge >= 0.3 is 6.03 Å². The van der Waals surface area contributed by atoms with Crippen molar-refractivity contribution >= 4 is 17.6 Å². The van der Waals surface area contributed by atoms with Crippen molar-refractivity contribution in [3.63, 3.8) is 0 Å². The summed E-state index contributed by atoms with van der Waals surface area (Å²) in [7, 11) is 1.70. The molecular weight excluding hydrogens is 462 g/mol. The van der Waals surface area contributed by atoms with Crippen molar-refractivity contribution in [3.05, 3.63) is 59.1 Å². The molecule has 2 aliphatic heterocycles. The second-order valence-corrected chi connectivity index (χ2v) is 10.4. The van der Waals surface area contributed by atoms with Gasteiger partial charge in [0.15, 0.2) is 0 Å². The van der Waals surface area contributed by atoms with Gasteiger partial charge < -0.3 is 25.4 Å². The Labute approximate surface area is 214 Å². The standard InChI is InChI=1S/C28H38ClN3O3/c1-35-17-5-4-14-28(34,26-12-3-2-11-25(26)21-8-6-10-23(29)18-21)22-9-7-15-31(19-22)27(33)32-16-13-24(30)20-32/h2-3,6,8,10-12,18,22,24,34H,4-5,7,9,13-17,19-20,30H2,1H3. The van der Waals surface area contributed by atoms with Gasteiger partial charge in [-0.2, -0.15) is 0 Å². The second-order valence-electron chi connectivity index (χ2n) is 9.99. The van der Waals surface area contributed by atoms with Gasteiger partial charge in [-0.25, -0.2) is 4.79 Å². The minimum absolute atomic E-state index is 0.0486. The minimum atomic E-state index is -1.08. The Morgan fingerprint density at radius 1 is 1.11 bits per heavy atom. The quantitative estimate of drug-likeness (QED) is 0.507. The molecule has 3 N–H and O–H groups in total. The van der Waals surface area contributed by atoms with Crippen LogP contribution in [-0.2, 0) is 10.3 Å². The highest BCUT2D eigenvalue weighted by atomic mass is 35.5. The van der Waals surface area contributed by atoms with Crippen molar-refractivity contribution in [1.29, 1.82) is 0 Å². The zero-order valence-electron chi connectivity index (χ0n) is 20.7. The molecule has 2 amide bonds. The first-order valence-electron chi connectivity index (χ1n) is 12.8. The third-order valence-electron chi connectivity index (χ3n) is 7.55. The van der Waals surface area contributed by atoms with Crippen LogP contribution < -0.4 is 5.73 Å². The van der Waals surface area contributed by atoms with E-state index in [1.54, 1.807) is 7.11 Å². The molecule has 2 heterocycles. The normalized spacial score (nSPS) is 22.3. The highest BCUT2D eigenvalue weighted by Crippen LogP contribution is 2.44. The topological polar surface area (TPSA) is 79.0 Å². The Morgan fingerprint density at radius 3 is 2.66 bits per heavy atom. The van der Waals surface area contributed by atoms with E-state index in [1.165, 1.54) is 0 Å². The Morgan fingerprint density at radius 2 is 1.91 bits per heavy atom. The average Bonchev–Trinajstić information content (AvgIpc) is 3.32. The molecule has 0 saturated carbocycles. The monoisotopic (exact) mass is 499 g/mol. The lowest BCUT2D eigenvalue weighted by Crippen LogP contribution is -2.51. The van der Waals surface area contributed by atoms with Gasteiger partial charge in [0.05, 0.1) is 5.60 Å². The number of hydrogen-bond acceptors (Lipinski definition) is 4. The molecule has 0 radical (unpaired) electrons. The highest BCUT2D eigenvalue weighted by molar-refractivity contribution is 6.30. The number of halogens is 1. The van der Waals surface area contributed by atoms with Crippen molar-refractivity contribution < 1.29 is 14.6 Å². The van der Waals surface area contributed by atoms with E-state index in [-0.39, 0.29) is 18.0 Å². The summed E-state index contributed by atoms with van der Waals surface area (Å²) >= 11 is 6.32. The summed E-state index contributed by atoms with van der Waals surface area (Å²) in [6, 6.07) is 16.0. The van der Waals surface area contributed by atoms with Crippen molar-refractivity contribution in [2.75, 3.05) is 39.9 Å². The maximum absolute atomic E-state index is 13.3. The molecule has 190 valence electrons. The van der Waals surface area contributed by atoms with Gasteiger partial charge in [-0.3, -0.25) is 0 Å².